The summed E-state index contributed by atoms with van der Waals surface area (Å²) in [6, 6.07) is 11.9. The van der Waals surface area contributed by atoms with Gasteiger partial charge in [0.15, 0.2) is 0 Å². The van der Waals surface area contributed by atoms with E-state index in [9.17, 15) is 4.79 Å². The number of hydrogen-bond acceptors (Lipinski definition) is 3. The lowest BCUT2D eigenvalue weighted by Gasteiger charge is -2.20. The molecule has 0 heterocycles. The average Bonchev–Trinajstić information content (AvgIpc) is 2.62. The third-order valence-electron chi connectivity index (χ3n) is 4.16. The largest absolute Gasteiger partial charge is 0.362 e. The first-order chi connectivity index (χ1) is 12.2. The van der Waals surface area contributed by atoms with Crippen molar-refractivity contribution in [3.05, 3.63) is 54.7 Å². The molecule has 0 saturated carbocycles. The van der Waals surface area contributed by atoms with E-state index in [2.05, 4.69) is 36.0 Å². The van der Waals surface area contributed by atoms with E-state index in [0.29, 0.717) is 12.1 Å². The lowest BCUT2D eigenvalue weighted by molar-refractivity contribution is 0.0948. The molecule has 2 N–H and O–H groups in total. The Morgan fingerprint density at radius 1 is 1.04 bits per heavy atom. The fraction of sp³-hybridized carbons (Fsp3) is 0.381. The summed E-state index contributed by atoms with van der Waals surface area (Å²) in [6.07, 6.45) is 3.94. The van der Waals surface area contributed by atoms with Crippen LogP contribution in [0.3, 0.4) is 0 Å². The smallest absolute Gasteiger partial charge is 0.251 e. The summed E-state index contributed by atoms with van der Waals surface area (Å²) < 4.78 is 0. The maximum Gasteiger partial charge on any atom is 0.251 e. The van der Waals surface area contributed by atoms with Crippen LogP contribution in [0.4, 0.5) is 5.69 Å². The topological polar surface area (TPSA) is 44.4 Å². The Kier molecular flexibility index (Phi) is 7.48. The summed E-state index contributed by atoms with van der Waals surface area (Å²) in [5, 5.41) is 8.27. The molecule has 0 aliphatic heterocycles. The van der Waals surface area contributed by atoms with Gasteiger partial charge in [0.25, 0.3) is 5.91 Å². The standard InChI is InChI=1S/C21H29N3O/c1-4-12-24(13-5-2)14-11-23-21(25)19-8-7-18-16-20(22-6-3)10-9-17(18)15-19/h6-10,15-16,22H,3-5,11-14H2,1-2H3,(H,23,25). The van der Waals surface area contributed by atoms with Crippen molar-refractivity contribution in [3.8, 4) is 0 Å². The summed E-state index contributed by atoms with van der Waals surface area (Å²) in [4.78, 5) is 14.8. The normalized spacial score (nSPS) is 10.8. The van der Waals surface area contributed by atoms with Gasteiger partial charge in [0.05, 0.1) is 0 Å². The molecule has 25 heavy (non-hydrogen) atoms. The van der Waals surface area contributed by atoms with Gasteiger partial charge < -0.3 is 15.5 Å². The highest BCUT2D eigenvalue weighted by Crippen LogP contribution is 2.20. The highest BCUT2D eigenvalue weighted by molar-refractivity contribution is 5.99. The van der Waals surface area contributed by atoms with Crippen LogP contribution in [0.1, 0.15) is 37.0 Å². The molecule has 134 valence electrons. The number of benzene rings is 2. The number of nitrogens with zero attached hydrogens (tertiary/aromatic N) is 1. The van der Waals surface area contributed by atoms with Crippen molar-refractivity contribution in [1.29, 1.82) is 0 Å². The molecule has 0 unspecified atom stereocenters. The fourth-order valence-corrected chi connectivity index (χ4v) is 2.99. The van der Waals surface area contributed by atoms with E-state index in [1.54, 1.807) is 6.20 Å². The van der Waals surface area contributed by atoms with E-state index in [1.165, 1.54) is 0 Å². The quantitative estimate of drug-likeness (QED) is 0.680. The first-order valence-electron chi connectivity index (χ1n) is 9.09. The fourth-order valence-electron chi connectivity index (χ4n) is 2.99. The first kappa shape index (κ1) is 19.0. The molecule has 0 aromatic heterocycles. The van der Waals surface area contributed by atoms with Gasteiger partial charge in [-0.15, -0.1) is 0 Å². The van der Waals surface area contributed by atoms with Crippen LogP contribution >= 0.6 is 0 Å². The lowest BCUT2D eigenvalue weighted by Crippen LogP contribution is -2.35. The van der Waals surface area contributed by atoms with Crippen molar-refractivity contribution in [3.63, 3.8) is 0 Å². The number of rotatable bonds is 10. The van der Waals surface area contributed by atoms with Crippen LogP contribution in [0.5, 0.6) is 0 Å². The molecule has 4 heteroatoms. The van der Waals surface area contributed by atoms with E-state index in [4.69, 9.17) is 0 Å². The van der Waals surface area contributed by atoms with Gasteiger partial charge in [0.1, 0.15) is 0 Å². The molecule has 0 aliphatic carbocycles. The SMILES string of the molecule is C=CNc1ccc2cc(C(=O)NCCN(CCC)CCC)ccc2c1. The molecule has 1 amide bonds. The Balaban J connectivity index is 1.97. The zero-order valence-corrected chi connectivity index (χ0v) is 15.3. The molecular weight excluding hydrogens is 310 g/mol. The van der Waals surface area contributed by atoms with Crippen molar-refractivity contribution in [2.45, 2.75) is 26.7 Å². The van der Waals surface area contributed by atoms with Crippen LogP contribution in [0.2, 0.25) is 0 Å². The maximum absolute atomic E-state index is 12.4. The summed E-state index contributed by atoms with van der Waals surface area (Å²) in [5.74, 6) is -0.0110. The molecule has 4 nitrogen and oxygen atoms in total. The lowest BCUT2D eigenvalue weighted by atomic mass is 10.1. The van der Waals surface area contributed by atoms with Gasteiger partial charge in [0.2, 0.25) is 0 Å². The van der Waals surface area contributed by atoms with Gasteiger partial charge in [0, 0.05) is 24.3 Å². The Hall–Kier alpha value is -2.33. The van der Waals surface area contributed by atoms with Crippen molar-refractivity contribution in [2.75, 3.05) is 31.5 Å². The number of carbonyl (C=O) groups is 1. The minimum Gasteiger partial charge on any atom is -0.362 e. The van der Waals surface area contributed by atoms with E-state index >= 15 is 0 Å². The van der Waals surface area contributed by atoms with E-state index in [1.807, 2.05) is 36.4 Å². The van der Waals surface area contributed by atoms with Crippen molar-refractivity contribution >= 4 is 22.4 Å². The molecular formula is C21H29N3O. The predicted molar refractivity (Wildman–Crippen MR) is 107 cm³/mol. The van der Waals surface area contributed by atoms with Crippen LogP contribution in [0, 0.1) is 0 Å². The minimum atomic E-state index is -0.0110. The monoisotopic (exact) mass is 339 g/mol. The van der Waals surface area contributed by atoms with E-state index in [0.717, 1.165) is 48.9 Å². The molecule has 0 spiro atoms. The Labute approximate surface area is 150 Å². The number of hydrogen-bond donors (Lipinski definition) is 2. The number of anilines is 1. The molecule has 2 rings (SSSR count). The molecule has 0 radical (unpaired) electrons. The van der Waals surface area contributed by atoms with E-state index in [-0.39, 0.29) is 5.91 Å². The van der Waals surface area contributed by atoms with E-state index < -0.39 is 0 Å². The number of amides is 1. The predicted octanol–water partition coefficient (Wildman–Crippen LogP) is 4.25. The maximum atomic E-state index is 12.4. The molecule has 0 aliphatic rings. The van der Waals surface area contributed by atoms with Gasteiger partial charge in [-0.1, -0.05) is 32.6 Å². The zero-order chi connectivity index (χ0) is 18.1. The van der Waals surface area contributed by atoms with Gasteiger partial charge in [-0.25, -0.2) is 0 Å². The van der Waals surface area contributed by atoms with Crippen LogP contribution < -0.4 is 10.6 Å². The van der Waals surface area contributed by atoms with Crippen molar-refractivity contribution in [1.82, 2.24) is 10.2 Å². The van der Waals surface area contributed by atoms with Crippen molar-refractivity contribution < 1.29 is 4.79 Å². The molecule has 2 aromatic rings. The molecule has 0 saturated heterocycles. The summed E-state index contributed by atoms with van der Waals surface area (Å²) in [7, 11) is 0. The number of carbonyl (C=O) groups excluding carboxylic acids is 1. The summed E-state index contributed by atoms with van der Waals surface area (Å²) in [5.41, 5.74) is 1.70. The molecule has 0 fully saturated rings. The Morgan fingerprint density at radius 3 is 2.40 bits per heavy atom. The van der Waals surface area contributed by atoms with Gasteiger partial charge >= 0.3 is 0 Å². The van der Waals surface area contributed by atoms with Gasteiger partial charge in [-0.3, -0.25) is 4.79 Å². The molecule has 2 aromatic carbocycles. The van der Waals surface area contributed by atoms with Crippen LogP contribution in [-0.2, 0) is 0 Å². The highest BCUT2D eigenvalue weighted by atomic mass is 16.1. The Morgan fingerprint density at radius 2 is 1.72 bits per heavy atom. The third-order valence-corrected chi connectivity index (χ3v) is 4.16. The molecule has 0 bridgehead atoms. The van der Waals surface area contributed by atoms with Crippen LogP contribution in [0.25, 0.3) is 10.8 Å². The van der Waals surface area contributed by atoms with Crippen LogP contribution in [0.15, 0.2) is 49.2 Å². The van der Waals surface area contributed by atoms with Gasteiger partial charge in [-0.05, 0) is 67.2 Å². The summed E-state index contributed by atoms with van der Waals surface area (Å²) in [6.45, 7) is 11.8. The second-order valence-electron chi connectivity index (χ2n) is 6.22. The number of fused-ring (bicyclic) bond motifs is 1. The third kappa shape index (κ3) is 5.61. The minimum absolute atomic E-state index is 0.0110. The first-order valence-corrected chi connectivity index (χ1v) is 9.09. The average molecular weight is 339 g/mol. The highest BCUT2D eigenvalue weighted by Gasteiger charge is 2.08. The Bertz CT molecular complexity index is 705. The molecule has 0 atom stereocenters. The zero-order valence-electron chi connectivity index (χ0n) is 15.3. The summed E-state index contributed by atoms with van der Waals surface area (Å²) >= 11 is 0. The van der Waals surface area contributed by atoms with Crippen molar-refractivity contribution in [2.24, 2.45) is 0 Å². The van der Waals surface area contributed by atoms with Gasteiger partial charge in [-0.2, -0.15) is 0 Å². The van der Waals surface area contributed by atoms with Crippen LogP contribution in [-0.4, -0.2) is 37.0 Å². The second kappa shape index (κ2) is 9.84. The second-order valence-corrected chi connectivity index (χ2v) is 6.22. The number of nitrogens with one attached hydrogen (secondary N) is 2.